The number of hydrogen-bond donors (Lipinski definition) is 1. The van der Waals surface area contributed by atoms with E-state index < -0.39 is 0 Å². The fraction of sp³-hybridized carbons (Fsp3) is 0.296. The largest absolute Gasteiger partial charge is 0.335 e. The average molecular weight is 510 g/mol. The van der Waals surface area contributed by atoms with E-state index in [1.165, 1.54) is 6.42 Å². The summed E-state index contributed by atoms with van der Waals surface area (Å²) in [5, 5.41) is 8.88. The molecule has 1 N–H and O–H groups in total. The van der Waals surface area contributed by atoms with E-state index in [-0.39, 0.29) is 0 Å². The van der Waals surface area contributed by atoms with E-state index in [1.54, 1.807) is 11.3 Å². The molecule has 2 atom stereocenters. The van der Waals surface area contributed by atoms with Crippen LogP contribution in [0.2, 0.25) is 0 Å². The number of anilines is 3. The predicted molar refractivity (Wildman–Crippen MR) is 147 cm³/mol. The molecule has 0 aliphatic carbocycles. The Morgan fingerprint density at radius 1 is 0.946 bits per heavy atom. The molecule has 2 aliphatic heterocycles. The SMILES string of the molecule is Cc1cc(Nc2cc3nc(-c4cccc(-c5ccn(C)n5)c4)sc3cn2)nc(N2C[C@@H]3C[C@H]2CN3C)n1. The summed E-state index contributed by atoms with van der Waals surface area (Å²) in [6.07, 6.45) is 5.02. The molecule has 0 amide bonds. The van der Waals surface area contributed by atoms with Gasteiger partial charge < -0.3 is 10.2 Å². The van der Waals surface area contributed by atoms with Crippen LogP contribution in [0, 0.1) is 6.92 Å². The zero-order chi connectivity index (χ0) is 25.1. The molecule has 1 aromatic carbocycles. The summed E-state index contributed by atoms with van der Waals surface area (Å²) in [6, 6.07) is 15.4. The van der Waals surface area contributed by atoms with E-state index in [2.05, 4.69) is 56.5 Å². The number of benzene rings is 1. The van der Waals surface area contributed by atoms with Crippen molar-refractivity contribution in [3.05, 3.63) is 60.6 Å². The maximum absolute atomic E-state index is 4.92. The second-order valence-corrected chi connectivity index (χ2v) is 11.0. The van der Waals surface area contributed by atoms with Crippen LogP contribution in [0.5, 0.6) is 0 Å². The van der Waals surface area contributed by atoms with Crippen LogP contribution in [0.15, 0.2) is 54.9 Å². The van der Waals surface area contributed by atoms with Crippen molar-refractivity contribution in [2.75, 3.05) is 30.4 Å². The summed E-state index contributed by atoms with van der Waals surface area (Å²) >= 11 is 1.64. The highest BCUT2D eigenvalue weighted by Gasteiger charge is 2.42. The molecule has 0 unspecified atom stereocenters. The highest BCUT2D eigenvalue weighted by molar-refractivity contribution is 7.21. The third-order valence-corrected chi connectivity index (χ3v) is 8.32. The summed E-state index contributed by atoms with van der Waals surface area (Å²) in [5.41, 5.74) is 4.94. The first kappa shape index (κ1) is 22.3. The molecule has 7 rings (SSSR count). The molecule has 0 saturated carbocycles. The lowest BCUT2D eigenvalue weighted by molar-refractivity contribution is 0.291. The lowest BCUT2D eigenvalue weighted by Crippen LogP contribution is -2.45. The number of pyridine rings is 1. The molecule has 2 fully saturated rings. The minimum atomic E-state index is 0.490. The molecule has 5 aromatic rings. The number of nitrogens with zero attached hydrogens (tertiary/aromatic N) is 8. The van der Waals surface area contributed by atoms with E-state index in [1.807, 2.05) is 49.2 Å². The quantitative estimate of drug-likeness (QED) is 0.371. The van der Waals surface area contributed by atoms with Gasteiger partial charge in [-0.2, -0.15) is 10.1 Å². The topological polar surface area (TPSA) is 87.9 Å². The Balaban J connectivity index is 1.15. The Kier molecular flexibility index (Phi) is 5.19. The number of aromatic nitrogens is 6. The lowest BCUT2D eigenvalue weighted by Gasteiger charge is -2.32. The van der Waals surface area contributed by atoms with Gasteiger partial charge in [0.2, 0.25) is 5.95 Å². The summed E-state index contributed by atoms with van der Waals surface area (Å²) in [6.45, 7) is 4.07. The molecule has 37 heavy (non-hydrogen) atoms. The Hall–Kier alpha value is -3.89. The van der Waals surface area contributed by atoms with Crippen LogP contribution < -0.4 is 10.2 Å². The third-order valence-electron chi connectivity index (χ3n) is 7.26. The van der Waals surface area contributed by atoms with Crippen molar-refractivity contribution in [2.24, 2.45) is 7.05 Å². The normalized spacial score (nSPS) is 19.3. The van der Waals surface area contributed by atoms with E-state index in [4.69, 9.17) is 15.0 Å². The minimum Gasteiger partial charge on any atom is -0.335 e. The number of fused-ring (bicyclic) bond motifs is 3. The van der Waals surface area contributed by atoms with Crippen molar-refractivity contribution in [2.45, 2.75) is 25.4 Å². The second kappa shape index (κ2) is 8.60. The Morgan fingerprint density at radius 3 is 2.62 bits per heavy atom. The zero-order valence-electron chi connectivity index (χ0n) is 21.0. The molecule has 4 aromatic heterocycles. The van der Waals surface area contributed by atoms with Crippen LogP contribution in [-0.4, -0.2) is 66.8 Å². The van der Waals surface area contributed by atoms with Crippen molar-refractivity contribution < 1.29 is 0 Å². The van der Waals surface area contributed by atoms with Gasteiger partial charge >= 0.3 is 0 Å². The molecule has 0 radical (unpaired) electrons. The first-order chi connectivity index (χ1) is 18.0. The Bertz CT molecular complexity index is 1620. The van der Waals surface area contributed by atoms with Crippen molar-refractivity contribution in [1.82, 2.24) is 34.6 Å². The predicted octanol–water partition coefficient (Wildman–Crippen LogP) is 4.49. The van der Waals surface area contributed by atoms with E-state index in [9.17, 15) is 0 Å². The maximum atomic E-state index is 4.92. The van der Waals surface area contributed by atoms with Gasteiger partial charge in [-0.3, -0.25) is 9.58 Å². The van der Waals surface area contributed by atoms with E-state index in [0.29, 0.717) is 12.1 Å². The summed E-state index contributed by atoms with van der Waals surface area (Å²) in [5.74, 6) is 2.27. The van der Waals surface area contributed by atoms with Crippen LogP contribution >= 0.6 is 11.3 Å². The first-order valence-corrected chi connectivity index (χ1v) is 13.3. The van der Waals surface area contributed by atoms with Gasteiger partial charge in [0, 0.05) is 73.6 Å². The molecular formula is C27H27N9S. The van der Waals surface area contributed by atoms with Crippen LogP contribution in [0.25, 0.3) is 32.0 Å². The number of likely N-dealkylation sites (tertiary alicyclic amines) is 1. The molecule has 2 aliphatic rings. The van der Waals surface area contributed by atoms with Crippen LogP contribution in [0.1, 0.15) is 12.1 Å². The van der Waals surface area contributed by atoms with Crippen LogP contribution in [0.3, 0.4) is 0 Å². The van der Waals surface area contributed by atoms with Gasteiger partial charge in [-0.1, -0.05) is 18.2 Å². The van der Waals surface area contributed by atoms with Crippen molar-refractivity contribution in [3.8, 4) is 21.8 Å². The maximum Gasteiger partial charge on any atom is 0.227 e. The summed E-state index contributed by atoms with van der Waals surface area (Å²) < 4.78 is 2.86. The fourth-order valence-electron chi connectivity index (χ4n) is 5.39. The lowest BCUT2D eigenvalue weighted by atomic mass is 10.1. The van der Waals surface area contributed by atoms with Gasteiger partial charge in [-0.05, 0) is 32.5 Å². The second-order valence-electron chi connectivity index (χ2n) is 9.97. The van der Waals surface area contributed by atoms with Gasteiger partial charge in [0.1, 0.15) is 16.6 Å². The molecule has 2 saturated heterocycles. The highest BCUT2D eigenvalue weighted by atomic mass is 32.1. The molecule has 6 heterocycles. The molecule has 186 valence electrons. The monoisotopic (exact) mass is 509 g/mol. The van der Waals surface area contributed by atoms with Crippen molar-refractivity contribution >= 4 is 39.1 Å². The van der Waals surface area contributed by atoms with E-state index in [0.717, 1.165) is 68.4 Å². The highest BCUT2D eigenvalue weighted by Crippen LogP contribution is 2.34. The molecule has 10 heteroatoms. The zero-order valence-corrected chi connectivity index (χ0v) is 21.8. The number of rotatable bonds is 5. The number of thiazole rings is 1. The number of nitrogens with one attached hydrogen (secondary N) is 1. The summed E-state index contributed by atoms with van der Waals surface area (Å²) in [4.78, 5) is 23.9. The van der Waals surface area contributed by atoms with Crippen molar-refractivity contribution in [3.63, 3.8) is 0 Å². The van der Waals surface area contributed by atoms with Crippen molar-refractivity contribution in [1.29, 1.82) is 0 Å². The van der Waals surface area contributed by atoms with Gasteiger partial charge in [-0.15, -0.1) is 11.3 Å². The summed E-state index contributed by atoms with van der Waals surface area (Å²) in [7, 11) is 4.13. The average Bonchev–Trinajstić information content (AvgIpc) is 3.67. The first-order valence-electron chi connectivity index (χ1n) is 12.5. The molecule has 0 spiro atoms. The van der Waals surface area contributed by atoms with Gasteiger partial charge in [0.25, 0.3) is 0 Å². The molecule has 2 bridgehead atoms. The number of likely N-dealkylation sites (N-methyl/N-ethyl adjacent to an activating group) is 1. The number of hydrogen-bond acceptors (Lipinski definition) is 9. The van der Waals surface area contributed by atoms with Crippen LogP contribution in [0.4, 0.5) is 17.6 Å². The standard InChI is InChI=1S/C27H27N9S/c1-16-9-25(32-27(29-16)36-15-19-11-20(36)14-34(19)2)31-24-12-22-23(13-28-24)37-26(30-22)18-6-4-5-17(10-18)21-7-8-35(3)33-21/h4-10,12-13,19-20H,11,14-15H2,1-3H3,(H,28,29,31,32)/t19-,20-/m0/s1. The molecular weight excluding hydrogens is 482 g/mol. The van der Waals surface area contributed by atoms with Gasteiger partial charge in [0.05, 0.1) is 15.9 Å². The third kappa shape index (κ3) is 4.11. The van der Waals surface area contributed by atoms with Crippen LogP contribution in [-0.2, 0) is 7.05 Å². The van der Waals surface area contributed by atoms with Gasteiger partial charge in [0.15, 0.2) is 0 Å². The fourth-order valence-corrected chi connectivity index (χ4v) is 6.31. The number of piperazine rings is 1. The Morgan fingerprint density at radius 2 is 1.84 bits per heavy atom. The Labute approximate surface area is 218 Å². The molecule has 9 nitrogen and oxygen atoms in total. The van der Waals surface area contributed by atoms with Gasteiger partial charge in [-0.25, -0.2) is 15.0 Å². The smallest absolute Gasteiger partial charge is 0.227 e. The minimum absolute atomic E-state index is 0.490. The number of aryl methyl sites for hydroxylation is 2. The van der Waals surface area contributed by atoms with E-state index >= 15 is 0 Å².